The van der Waals surface area contributed by atoms with Gasteiger partial charge < -0.3 is 20.7 Å². The van der Waals surface area contributed by atoms with E-state index in [0.29, 0.717) is 24.4 Å². The Bertz CT molecular complexity index is 421. The molecule has 1 aromatic rings. The lowest BCUT2D eigenvalue weighted by molar-refractivity contribution is 0.0956. The molecule has 0 unspecified atom stereocenters. The van der Waals surface area contributed by atoms with Gasteiger partial charge in [0.1, 0.15) is 0 Å². The van der Waals surface area contributed by atoms with Crippen LogP contribution in [0.4, 0.5) is 11.4 Å². The maximum Gasteiger partial charge on any atom is 0.251 e. The van der Waals surface area contributed by atoms with E-state index in [2.05, 4.69) is 17.1 Å². The Labute approximate surface area is 114 Å². The molecule has 1 aromatic carbocycles. The van der Waals surface area contributed by atoms with Gasteiger partial charge in [-0.3, -0.25) is 4.79 Å². The maximum absolute atomic E-state index is 11.7. The van der Waals surface area contributed by atoms with Gasteiger partial charge in [0, 0.05) is 32.3 Å². The predicted molar refractivity (Wildman–Crippen MR) is 78.6 cm³/mol. The zero-order valence-corrected chi connectivity index (χ0v) is 11.9. The molecule has 0 saturated heterocycles. The SMILES string of the molecule is CCNC(=O)c1ccc(N(CC)CCOC)c(N)c1. The number of anilines is 2. The molecule has 0 aromatic heterocycles. The number of nitrogens with one attached hydrogen (secondary N) is 1. The second kappa shape index (κ2) is 7.63. The van der Waals surface area contributed by atoms with Crippen molar-refractivity contribution in [2.24, 2.45) is 0 Å². The molecule has 19 heavy (non-hydrogen) atoms. The topological polar surface area (TPSA) is 67.6 Å². The largest absolute Gasteiger partial charge is 0.397 e. The van der Waals surface area contributed by atoms with Gasteiger partial charge in [0.05, 0.1) is 18.0 Å². The van der Waals surface area contributed by atoms with Gasteiger partial charge in [-0.1, -0.05) is 0 Å². The van der Waals surface area contributed by atoms with E-state index in [1.54, 1.807) is 19.2 Å². The highest BCUT2D eigenvalue weighted by Gasteiger charge is 2.11. The van der Waals surface area contributed by atoms with Gasteiger partial charge in [0.15, 0.2) is 0 Å². The van der Waals surface area contributed by atoms with E-state index >= 15 is 0 Å². The fourth-order valence-corrected chi connectivity index (χ4v) is 1.90. The van der Waals surface area contributed by atoms with E-state index in [-0.39, 0.29) is 5.91 Å². The highest BCUT2D eigenvalue weighted by atomic mass is 16.5. The van der Waals surface area contributed by atoms with Gasteiger partial charge in [-0.15, -0.1) is 0 Å². The van der Waals surface area contributed by atoms with Crippen LogP contribution in [-0.2, 0) is 4.74 Å². The van der Waals surface area contributed by atoms with Crippen molar-refractivity contribution in [3.05, 3.63) is 23.8 Å². The zero-order chi connectivity index (χ0) is 14.3. The maximum atomic E-state index is 11.7. The van der Waals surface area contributed by atoms with Crippen molar-refractivity contribution in [1.29, 1.82) is 0 Å². The summed E-state index contributed by atoms with van der Waals surface area (Å²) in [6.07, 6.45) is 0. The van der Waals surface area contributed by atoms with Crippen LogP contribution in [0.3, 0.4) is 0 Å². The van der Waals surface area contributed by atoms with Crippen LogP contribution in [0.25, 0.3) is 0 Å². The first-order valence-electron chi connectivity index (χ1n) is 6.55. The minimum Gasteiger partial charge on any atom is -0.397 e. The number of methoxy groups -OCH3 is 1. The molecule has 0 aliphatic heterocycles. The summed E-state index contributed by atoms with van der Waals surface area (Å²) in [5.74, 6) is -0.0966. The summed E-state index contributed by atoms with van der Waals surface area (Å²) in [4.78, 5) is 13.8. The lowest BCUT2D eigenvalue weighted by atomic mass is 10.1. The highest BCUT2D eigenvalue weighted by molar-refractivity contribution is 5.96. The van der Waals surface area contributed by atoms with E-state index < -0.39 is 0 Å². The molecular formula is C14H23N3O2. The molecule has 0 fully saturated rings. The number of nitrogens with two attached hydrogens (primary N) is 1. The number of amides is 1. The molecule has 5 nitrogen and oxygen atoms in total. The van der Waals surface area contributed by atoms with Crippen LogP contribution < -0.4 is 16.0 Å². The minimum atomic E-state index is -0.0966. The molecule has 0 bridgehead atoms. The highest BCUT2D eigenvalue weighted by Crippen LogP contribution is 2.24. The number of benzene rings is 1. The number of nitrogen functional groups attached to an aromatic ring is 1. The lowest BCUT2D eigenvalue weighted by Gasteiger charge is -2.24. The molecule has 0 aliphatic carbocycles. The van der Waals surface area contributed by atoms with E-state index in [1.165, 1.54) is 0 Å². The first-order chi connectivity index (χ1) is 9.13. The molecule has 1 rings (SSSR count). The Morgan fingerprint density at radius 3 is 2.68 bits per heavy atom. The summed E-state index contributed by atoms with van der Waals surface area (Å²) < 4.78 is 5.08. The van der Waals surface area contributed by atoms with E-state index in [0.717, 1.165) is 18.8 Å². The smallest absolute Gasteiger partial charge is 0.251 e. The van der Waals surface area contributed by atoms with Crippen LogP contribution in [0.1, 0.15) is 24.2 Å². The van der Waals surface area contributed by atoms with Crippen molar-refractivity contribution in [2.45, 2.75) is 13.8 Å². The number of rotatable bonds is 7. The van der Waals surface area contributed by atoms with Crippen molar-refractivity contribution in [2.75, 3.05) is 44.0 Å². The summed E-state index contributed by atoms with van der Waals surface area (Å²) >= 11 is 0. The Morgan fingerprint density at radius 2 is 2.16 bits per heavy atom. The minimum absolute atomic E-state index is 0.0966. The number of carbonyl (C=O) groups is 1. The number of carbonyl (C=O) groups excluding carboxylic acids is 1. The van der Waals surface area contributed by atoms with E-state index in [4.69, 9.17) is 10.5 Å². The van der Waals surface area contributed by atoms with E-state index in [9.17, 15) is 4.79 Å². The number of hydrogen-bond donors (Lipinski definition) is 2. The predicted octanol–water partition coefficient (Wildman–Crippen LogP) is 1.49. The summed E-state index contributed by atoms with van der Waals surface area (Å²) in [6, 6.07) is 5.40. The first kappa shape index (κ1) is 15.3. The van der Waals surface area contributed by atoms with Crippen LogP contribution in [0, 0.1) is 0 Å². The Balaban J connectivity index is 2.89. The summed E-state index contributed by atoms with van der Waals surface area (Å²) in [6.45, 7) is 6.82. The van der Waals surface area contributed by atoms with E-state index in [1.807, 2.05) is 13.0 Å². The molecule has 0 spiro atoms. The number of nitrogens with zero attached hydrogens (tertiary/aromatic N) is 1. The zero-order valence-electron chi connectivity index (χ0n) is 11.9. The molecule has 106 valence electrons. The fraction of sp³-hybridized carbons (Fsp3) is 0.500. The number of hydrogen-bond acceptors (Lipinski definition) is 4. The second-order valence-electron chi connectivity index (χ2n) is 4.21. The van der Waals surface area contributed by atoms with Gasteiger partial charge in [0.2, 0.25) is 0 Å². The van der Waals surface area contributed by atoms with Gasteiger partial charge in [-0.2, -0.15) is 0 Å². The number of likely N-dealkylation sites (N-methyl/N-ethyl adjacent to an activating group) is 1. The van der Waals surface area contributed by atoms with Crippen LogP contribution >= 0.6 is 0 Å². The quantitative estimate of drug-likeness (QED) is 0.733. The van der Waals surface area contributed by atoms with Crippen LogP contribution in [-0.4, -0.2) is 39.3 Å². The average molecular weight is 265 g/mol. The van der Waals surface area contributed by atoms with Gasteiger partial charge >= 0.3 is 0 Å². The van der Waals surface area contributed by atoms with Crippen molar-refractivity contribution in [3.63, 3.8) is 0 Å². The standard InChI is InChI=1S/C14H23N3O2/c1-4-16-14(18)11-6-7-13(12(15)10-11)17(5-2)8-9-19-3/h6-7,10H,4-5,8-9,15H2,1-3H3,(H,16,18). The molecule has 0 radical (unpaired) electrons. The lowest BCUT2D eigenvalue weighted by Crippen LogP contribution is -2.28. The number of ether oxygens (including phenoxy) is 1. The molecule has 0 aliphatic rings. The summed E-state index contributed by atoms with van der Waals surface area (Å²) in [5.41, 5.74) is 8.18. The van der Waals surface area contributed by atoms with Crippen LogP contribution in [0.2, 0.25) is 0 Å². The van der Waals surface area contributed by atoms with Crippen molar-refractivity contribution >= 4 is 17.3 Å². The third-order valence-electron chi connectivity index (χ3n) is 2.91. The molecule has 0 saturated carbocycles. The van der Waals surface area contributed by atoms with Gasteiger partial charge in [-0.05, 0) is 32.0 Å². The normalized spacial score (nSPS) is 10.3. The third-order valence-corrected chi connectivity index (χ3v) is 2.91. The molecule has 5 heteroatoms. The van der Waals surface area contributed by atoms with Crippen molar-refractivity contribution < 1.29 is 9.53 Å². The van der Waals surface area contributed by atoms with Crippen LogP contribution in [0.15, 0.2) is 18.2 Å². The second-order valence-corrected chi connectivity index (χ2v) is 4.21. The Morgan fingerprint density at radius 1 is 1.42 bits per heavy atom. The molecule has 0 atom stereocenters. The fourth-order valence-electron chi connectivity index (χ4n) is 1.90. The van der Waals surface area contributed by atoms with Crippen LogP contribution in [0.5, 0.6) is 0 Å². The van der Waals surface area contributed by atoms with Gasteiger partial charge in [-0.25, -0.2) is 0 Å². The Kier molecular flexibility index (Phi) is 6.15. The molecular weight excluding hydrogens is 242 g/mol. The average Bonchev–Trinajstić information content (AvgIpc) is 2.41. The molecule has 0 heterocycles. The van der Waals surface area contributed by atoms with Crippen molar-refractivity contribution in [1.82, 2.24) is 5.32 Å². The first-order valence-corrected chi connectivity index (χ1v) is 6.55. The monoisotopic (exact) mass is 265 g/mol. The van der Waals surface area contributed by atoms with Gasteiger partial charge in [0.25, 0.3) is 5.91 Å². The summed E-state index contributed by atoms with van der Waals surface area (Å²) in [5, 5.41) is 2.76. The summed E-state index contributed by atoms with van der Waals surface area (Å²) in [7, 11) is 1.68. The molecule has 1 amide bonds. The third kappa shape index (κ3) is 4.13. The molecule has 3 N–H and O–H groups in total. The van der Waals surface area contributed by atoms with Crippen molar-refractivity contribution in [3.8, 4) is 0 Å². The Hall–Kier alpha value is -1.75.